The van der Waals surface area contributed by atoms with Crippen LogP contribution in [0.3, 0.4) is 0 Å². The summed E-state index contributed by atoms with van der Waals surface area (Å²) in [6.45, 7) is 8.31. The third-order valence-corrected chi connectivity index (χ3v) is 4.27. The van der Waals surface area contributed by atoms with Crippen molar-refractivity contribution in [2.24, 2.45) is 0 Å². The highest BCUT2D eigenvalue weighted by Gasteiger charge is 2.15. The van der Waals surface area contributed by atoms with E-state index < -0.39 is 0 Å². The summed E-state index contributed by atoms with van der Waals surface area (Å²) in [4.78, 5) is 4.90. The van der Waals surface area contributed by atoms with Crippen LogP contribution in [0, 0.1) is 11.3 Å². The van der Waals surface area contributed by atoms with Crippen LogP contribution >= 0.6 is 0 Å². The SMILES string of the molecule is CCN1CCN(c2cccc(NCc3ccc(C#N)o3)c2)CC1. The normalized spacial score (nSPS) is 15.4. The van der Waals surface area contributed by atoms with Crippen LogP contribution in [0.1, 0.15) is 18.4 Å². The van der Waals surface area contributed by atoms with Gasteiger partial charge in [-0.25, -0.2) is 0 Å². The molecule has 0 spiro atoms. The lowest BCUT2D eigenvalue weighted by atomic mass is 10.2. The molecule has 0 unspecified atom stereocenters. The molecular formula is C18H22N4O. The average molecular weight is 310 g/mol. The van der Waals surface area contributed by atoms with Gasteiger partial charge in [-0.3, -0.25) is 0 Å². The van der Waals surface area contributed by atoms with Crippen molar-refractivity contribution in [1.29, 1.82) is 5.26 Å². The number of rotatable bonds is 5. The number of anilines is 2. The van der Waals surface area contributed by atoms with E-state index in [9.17, 15) is 0 Å². The Morgan fingerprint density at radius 3 is 2.70 bits per heavy atom. The van der Waals surface area contributed by atoms with Gasteiger partial charge >= 0.3 is 0 Å². The van der Waals surface area contributed by atoms with Gasteiger partial charge in [0.25, 0.3) is 0 Å². The van der Waals surface area contributed by atoms with Crippen molar-refractivity contribution in [2.45, 2.75) is 13.5 Å². The largest absolute Gasteiger partial charge is 0.449 e. The summed E-state index contributed by atoms with van der Waals surface area (Å²) in [7, 11) is 0. The van der Waals surface area contributed by atoms with Crippen molar-refractivity contribution < 1.29 is 4.42 Å². The van der Waals surface area contributed by atoms with Gasteiger partial charge in [0.1, 0.15) is 11.8 Å². The van der Waals surface area contributed by atoms with Crippen LogP contribution in [-0.4, -0.2) is 37.6 Å². The van der Waals surface area contributed by atoms with E-state index in [1.54, 1.807) is 6.07 Å². The van der Waals surface area contributed by atoms with E-state index in [2.05, 4.69) is 46.3 Å². The van der Waals surface area contributed by atoms with Crippen molar-refractivity contribution in [2.75, 3.05) is 42.9 Å². The fourth-order valence-corrected chi connectivity index (χ4v) is 2.86. The average Bonchev–Trinajstić information content (AvgIpc) is 3.08. The zero-order valence-electron chi connectivity index (χ0n) is 13.5. The topological polar surface area (TPSA) is 55.4 Å². The number of furan rings is 1. The minimum absolute atomic E-state index is 0.351. The fourth-order valence-electron chi connectivity index (χ4n) is 2.86. The zero-order chi connectivity index (χ0) is 16.1. The summed E-state index contributed by atoms with van der Waals surface area (Å²) in [5.74, 6) is 1.12. The van der Waals surface area contributed by atoms with Crippen molar-refractivity contribution in [3.8, 4) is 6.07 Å². The van der Waals surface area contributed by atoms with Crippen molar-refractivity contribution >= 4 is 11.4 Å². The maximum Gasteiger partial charge on any atom is 0.203 e. The first-order valence-electron chi connectivity index (χ1n) is 8.08. The molecule has 0 radical (unpaired) electrons. The summed E-state index contributed by atoms with van der Waals surface area (Å²) in [5.41, 5.74) is 2.32. The summed E-state index contributed by atoms with van der Waals surface area (Å²) >= 11 is 0. The Balaban J connectivity index is 1.60. The van der Waals surface area contributed by atoms with E-state index in [1.165, 1.54) is 5.69 Å². The summed E-state index contributed by atoms with van der Waals surface area (Å²) in [6, 6.07) is 14.0. The molecular weight excluding hydrogens is 288 g/mol. The zero-order valence-corrected chi connectivity index (χ0v) is 13.5. The monoisotopic (exact) mass is 310 g/mol. The summed E-state index contributed by atoms with van der Waals surface area (Å²) in [5, 5.41) is 12.1. The molecule has 1 aliphatic heterocycles. The fraction of sp³-hybridized carbons (Fsp3) is 0.389. The predicted octanol–water partition coefficient (Wildman–Crippen LogP) is 2.91. The van der Waals surface area contributed by atoms with Crippen molar-refractivity contribution in [3.63, 3.8) is 0 Å². The summed E-state index contributed by atoms with van der Waals surface area (Å²) < 4.78 is 5.39. The number of nitrogens with one attached hydrogen (secondary N) is 1. The molecule has 0 amide bonds. The van der Waals surface area contributed by atoms with Crippen LogP contribution in [0.2, 0.25) is 0 Å². The van der Waals surface area contributed by atoms with E-state index in [1.807, 2.05) is 12.1 Å². The minimum Gasteiger partial charge on any atom is -0.449 e. The molecule has 0 bridgehead atoms. The molecule has 1 aromatic carbocycles. The maximum absolute atomic E-state index is 8.78. The Hall–Kier alpha value is -2.45. The Morgan fingerprint density at radius 2 is 2.00 bits per heavy atom. The number of nitrogens with zero attached hydrogens (tertiary/aromatic N) is 3. The third-order valence-electron chi connectivity index (χ3n) is 4.27. The number of nitriles is 1. The molecule has 0 aliphatic carbocycles. The number of hydrogen-bond donors (Lipinski definition) is 1. The molecule has 1 fully saturated rings. The highest BCUT2D eigenvalue weighted by Crippen LogP contribution is 2.21. The highest BCUT2D eigenvalue weighted by atomic mass is 16.3. The Labute approximate surface area is 137 Å². The molecule has 0 atom stereocenters. The predicted molar refractivity (Wildman–Crippen MR) is 91.5 cm³/mol. The van der Waals surface area contributed by atoms with Gasteiger partial charge in [0.15, 0.2) is 0 Å². The molecule has 0 saturated carbocycles. The number of likely N-dealkylation sites (N-methyl/N-ethyl adjacent to an activating group) is 1. The Morgan fingerprint density at radius 1 is 1.17 bits per heavy atom. The molecule has 23 heavy (non-hydrogen) atoms. The quantitative estimate of drug-likeness (QED) is 0.920. The second-order valence-corrected chi connectivity index (χ2v) is 5.70. The smallest absolute Gasteiger partial charge is 0.203 e. The maximum atomic E-state index is 8.78. The number of hydrogen-bond acceptors (Lipinski definition) is 5. The lowest BCUT2D eigenvalue weighted by Crippen LogP contribution is -2.46. The summed E-state index contributed by atoms with van der Waals surface area (Å²) in [6.07, 6.45) is 0. The molecule has 5 nitrogen and oxygen atoms in total. The molecule has 3 rings (SSSR count). The lowest BCUT2D eigenvalue weighted by molar-refractivity contribution is 0.271. The van der Waals surface area contributed by atoms with Gasteiger partial charge in [-0.1, -0.05) is 13.0 Å². The van der Waals surface area contributed by atoms with Gasteiger partial charge in [0.05, 0.1) is 6.54 Å². The molecule has 1 saturated heterocycles. The van der Waals surface area contributed by atoms with Gasteiger partial charge in [-0.15, -0.1) is 0 Å². The molecule has 2 aromatic rings. The van der Waals surface area contributed by atoms with E-state index in [0.29, 0.717) is 12.3 Å². The second-order valence-electron chi connectivity index (χ2n) is 5.70. The van der Waals surface area contributed by atoms with Crippen molar-refractivity contribution in [1.82, 2.24) is 4.90 Å². The van der Waals surface area contributed by atoms with Crippen LogP contribution in [-0.2, 0) is 6.54 Å². The molecule has 1 aliphatic rings. The van der Waals surface area contributed by atoms with E-state index in [0.717, 1.165) is 44.2 Å². The molecule has 120 valence electrons. The van der Waals surface area contributed by atoms with Crippen LogP contribution in [0.5, 0.6) is 0 Å². The van der Waals surface area contributed by atoms with Crippen LogP contribution in [0.4, 0.5) is 11.4 Å². The van der Waals surface area contributed by atoms with E-state index >= 15 is 0 Å². The highest BCUT2D eigenvalue weighted by molar-refractivity contribution is 5.58. The standard InChI is InChI=1S/C18H22N4O/c1-2-21-8-10-22(11-9-21)16-5-3-4-15(12-16)20-14-18-7-6-17(13-19)23-18/h3-7,12,20H,2,8-11,14H2,1H3. The number of benzene rings is 1. The Bertz CT molecular complexity index is 680. The molecule has 2 heterocycles. The van der Waals surface area contributed by atoms with Crippen LogP contribution in [0.15, 0.2) is 40.8 Å². The Kier molecular flexibility index (Phi) is 4.84. The number of piperazine rings is 1. The van der Waals surface area contributed by atoms with Crippen LogP contribution in [0.25, 0.3) is 0 Å². The molecule has 1 aromatic heterocycles. The van der Waals surface area contributed by atoms with Gasteiger partial charge in [0.2, 0.25) is 5.76 Å². The minimum atomic E-state index is 0.351. The van der Waals surface area contributed by atoms with Gasteiger partial charge in [0, 0.05) is 37.6 Å². The van der Waals surface area contributed by atoms with Crippen molar-refractivity contribution in [3.05, 3.63) is 47.9 Å². The van der Waals surface area contributed by atoms with E-state index in [4.69, 9.17) is 9.68 Å². The van der Waals surface area contributed by atoms with Gasteiger partial charge in [-0.05, 0) is 36.9 Å². The lowest BCUT2D eigenvalue weighted by Gasteiger charge is -2.35. The molecule has 1 N–H and O–H groups in total. The second kappa shape index (κ2) is 7.21. The first kappa shape index (κ1) is 15.4. The van der Waals surface area contributed by atoms with Gasteiger partial charge in [-0.2, -0.15) is 5.26 Å². The van der Waals surface area contributed by atoms with Gasteiger partial charge < -0.3 is 19.5 Å². The molecule has 5 heteroatoms. The first-order chi connectivity index (χ1) is 11.3. The first-order valence-corrected chi connectivity index (χ1v) is 8.08. The van der Waals surface area contributed by atoms with E-state index in [-0.39, 0.29) is 0 Å². The van der Waals surface area contributed by atoms with Crippen LogP contribution < -0.4 is 10.2 Å². The third kappa shape index (κ3) is 3.85.